The van der Waals surface area contributed by atoms with Crippen LogP contribution in [0.1, 0.15) is 22.3 Å². The van der Waals surface area contributed by atoms with Gasteiger partial charge >= 0.3 is 0 Å². The van der Waals surface area contributed by atoms with Crippen molar-refractivity contribution < 1.29 is 0 Å². The zero-order valence-corrected chi connectivity index (χ0v) is 12.7. The van der Waals surface area contributed by atoms with Gasteiger partial charge < -0.3 is 10.6 Å². The predicted molar refractivity (Wildman–Crippen MR) is 89.3 cm³/mol. The molecule has 2 heteroatoms. The Balaban J connectivity index is 2.25. The van der Waals surface area contributed by atoms with E-state index in [1.165, 1.54) is 22.3 Å². The maximum absolute atomic E-state index is 4.18. The van der Waals surface area contributed by atoms with Crippen LogP contribution in [0.15, 0.2) is 43.0 Å². The summed E-state index contributed by atoms with van der Waals surface area (Å²) in [7, 11) is 1.93. The van der Waals surface area contributed by atoms with Gasteiger partial charge in [0, 0.05) is 29.7 Å². The Morgan fingerprint density at radius 1 is 0.950 bits per heavy atom. The summed E-state index contributed by atoms with van der Waals surface area (Å²) in [6.07, 6.45) is 0. The van der Waals surface area contributed by atoms with Gasteiger partial charge in [-0.25, -0.2) is 0 Å². The molecule has 20 heavy (non-hydrogen) atoms. The highest BCUT2D eigenvalue weighted by Crippen LogP contribution is 2.25. The zero-order chi connectivity index (χ0) is 14.7. The van der Waals surface area contributed by atoms with Crippen LogP contribution in [0.5, 0.6) is 0 Å². The van der Waals surface area contributed by atoms with Crippen LogP contribution in [0.3, 0.4) is 0 Å². The van der Waals surface area contributed by atoms with Gasteiger partial charge in [-0.1, -0.05) is 24.3 Å². The molecule has 2 aromatic rings. The molecule has 0 bridgehead atoms. The highest BCUT2D eigenvalue weighted by molar-refractivity contribution is 5.79. The fraction of sp³-hybridized carbons (Fsp3) is 0.222. The van der Waals surface area contributed by atoms with Gasteiger partial charge in [-0.15, -0.1) is 0 Å². The normalized spacial score (nSPS) is 10.2. The molecule has 2 nitrogen and oxygen atoms in total. The van der Waals surface area contributed by atoms with Crippen molar-refractivity contribution in [2.24, 2.45) is 0 Å². The van der Waals surface area contributed by atoms with E-state index in [9.17, 15) is 0 Å². The Labute approximate surface area is 121 Å². The van der Waals surface area contributed by atoms with E-state index in [0.29, 0.717) is 0 Å². The molecule has 0 unspecified atom stereocenters. The molecule has 0 atom stereocenters. The summed E-state index contributed by atoms with van der Waals surface area (Å²) in [6, 6.07) is 12.7. The summed E-state index contributed by atoms with van der Waals surface area (Å²) in [5, 5.41) is 6.57. The maximum Gasteiger partial charge on any atom is 0.0415 e. The fourth-order valence-corrected chi connectivity index (χ4v) is 2.25. The Morgan fingerprint density at radius 2 is 1.70 bits per heavy atom. The minimum Gasteiger partial charge on any atom is -0.388 e. The smallest absolute Gasteiger partial charge is 0.0415 e. The average Bonchev–Trinajstić information content (AvgIpc) is 2.43. The van der Waals surface area contributed by atoms with Gasteiger partial charge in [0.2, 0.25) is 0 Å². The van der Waals surface area contributed by atoms with E-state index in [2.05, 4.69) is 74.4 Å². The lowest BCUT2D eigenvalue weighted by molar-refractivity contribution is 1.35. The first-order valence-electron chi connectivity index (χ1n) is 6.83. The second-order valence-electron chi connectivity index (χ2n) is 5.20. The lowest BCUT2D eigenvalue weighted by Gasteiger charge is -2.15. The van der Waals surface area contributed by atoms with Crippen LogP contribution in [-0.2, 0) is 0 Å². The second-order valence-corrected chi connectivity index (χ2v) is 5.20. The van der Waals surface area contributed by atoms with Crippen molar-refractivity contribution in [2.75, 3.05) is 17.7 Å². The van der Waals surface area contributed by atoms with Crippen LogP contribution in [0, 0.1) is 20.8 Å². The van der Waals surface area contributed by atoms with Crippen LogP contribution < -0.4 is 10.6 Å². The number of hydrogen-bond donors (Lipinski definition) is 2. The van der Waals surface area contributed by atoms with E-state index < -0.39 is 0 Å². The van der Waals surface area contributed by atoms with E-state index in [1.807, 2.05) is 7.05 Å². The number of hydrogen-bond acceptors (Lipinski definition) is 2. The van der Waals surface area contributed by atoms with Gasteiger partial charge in [0.25, 0.3) is 0 Å². The monoisotopic (exact) mass is 266 g/mol. The van der Waals surface area contributed by atoms with Gasteiger partial charge in [-0.05, 0) is 56.2 Å². The number of rotatable bonds is 4. The summed E-state index contributed by atoms with van der Waals surface area (Å²) >= 11 is 0. The van der Waals surface area contributed by atoms with Crippen molar-refractivity contribution in [1.82, 2.24) is 0 Å². The molecule has 0 saturated heterocycles. The summed E-state index contributed by atoms with van der Waals surface area (Å²) < 4.78 is 0. The molecule has 2 aromatic carbocycles. The third-order valence-electron chi connectivity index (χ3n) is 3.52. The zero-order valence-electron chi connectivity index (χ0n) is 12.7. The Bertz CT molecular complexity index is 642. The molecule has 2 rings (SSSR count). The lowest BCUT2D eigenvalue weighted by Crippen LogP contribution is -2.02. The first kappa shape index (κ1) is 14.2. The molecule has 0 aromatic heterocycles. The number of benzene rings is 2. The largest absolute Gasteiger partial charge is 0.388 e. The van der Waals surface area contributed by atoms with Gasteiger partial charge in [0.05, 0.1) is 0 Å². The minimum absolute atomic E-state index is 0.937. The predicted octanol–water partition coefficient (Wildman–Crippen LogP) is 4.74. The van der Waals surface area contributed by atoms with Crippen LogP contribution in [-0.4, -0.2) is 7.05 Å². The van der Waals surface area contributed by atoms with E-state index >= 15 is 0 Å². The van der Waals surface area contributed by atoms with E-state index in [1.54, 1.807) is 0 Å². The topological polar surface area (TPSA) is 24.1 Å². The van der Waals surface area contributed by atoms with Crippen molar-refractivity contribution in [3.63, 3.8) is 0 Å². The standard InChI is InChI=1S/C18H22N2/c1-12-6-7-13(2)17(10-12)15(4)20-18-9-8-16(19-5)11-14(18)3/h6-11,19-20H,4H2,1-3,5H3. The maximum atomic E-state index is 4.18. The minimum atomic E-state index is 0.937. The first-order chi connectivity index (χ1) is 9.51. The SMILES string of the molecule is C=C(Nc1ccc(NC)cc1C)c1cc(C)ccc1C. The summed E-state index contributed by atoms with van der Waals surface area (Å²) in [5.41, 5.74) is 7.99. The van der Waals surface area contributed by atoms with Crippen LogP contribution in [0.4, 0.5) is 11.4 Å². The first-order valence-corrected chi connectivity index (χ1v) is 6.83. The molecular weight excluding hydrogens is 244 g/mol. The molecule has 0 heterocycles. The Morgan fingerprint density at radius 3 is 2.35 bits per heavy atom. The number of aryl methyl sites for hydroxylation is 3. The fourth-order valence-electron chi connectivity index (χ4n) is 2.25. The van der Waals surface area contributed by atoms with Gasteiger partial charge in [-0.3, -0.25) is 0 Å². The third kappa shape index (κ3) is 3.02. The molecule has 0 aliphatic carbocycles. The second kappa shape index (κ2) is 5.83. The Hall–Kier alpha value is -2.22. The number of anilines is 2. The molecule has 104 valence electrons. The lowest BCUT2D eigenvalue weighted by atomic mass is 10.0. The van der Waals surface area contributed by atoms with E-state index in [0.717, 1.165) is 17.1 Å². The molecule has 0 saturated carbocycles. The van der Waals surface area contributed by atoms with Crippen LogP contribution in [0.2, 0.25) is 0 Å². The van der Waals surface area contributed by atoms with Gasteiger partial charge in [0.15, 0.2) is 0 Å². The molecule has 0 amide bonds. The summed E-state index contributed by atoms with van der Waals surface area (Å²) in [4.78, 5) is 0. The summed E-state index contributed by atoms with van der Waals surface area (Å²) in [5.74, 6) is 0. The van der Waals surface area contributed by atoms with Crippen molar-refractivity contribution in [1.29, 1.82) is 0 Å². The quantitative estimate of drug-likeness (QED) is 0.835. The highest BCUT2D eigenvalue weighted by atomic mass is 14.9. The molecule has 2 N–H and O–H groups in total. The molecule has 0 radical (unpaired) electrons. The highest BCUT2D eigenvalue weighted by Gasteiger charge is 2.06. The van der Waals surface area contributed by atoms with Crippen LogP contribution >= 0.6 is 0 Å². The summed E-state index contributed by atoms with van der Waals surface area (Å²) in [6.45, 7) is 10.5. The van der Waals surface area contributed by atoms with Gasteiger partial charge in [-0.2, -0.15) is 0 Å². The Kier molecular flexibility index (Phi) is 4.14. The van der Waals surface area contributed by atoms with E-state index in [4.69, 9.17) is 0 Å². The van der Waals surface area contributed by atoms with Crippen molar-refractivity contribution in [3.8, 4) is 0 Å². The number of nitrogens with one attached hydrogen (secondary N) is 2. The third-order valence-corrected chi connectivity index (χ3v) is 3.52. The van der Waals surface area contributed by atoms with Crippen LogP contribution in [0.25, 0.3) is 5.70 Å². The van der Waals surface area contributed by atoms with E-state index in [-0.39, 0.29) is 0 Å². The molecule has 0 fully saturated rings. The molecule has 0 spiro atoms. The van der Waals surface area contributed by atoms with Crippen molar-refractivity contribution >= 4 is 17.1 Å². The molecule has 0 aliphatic rings. The van der Waals surface area contributed by atoms with Crippen molar-refractivity contribution in [3.05, 3.63) is 65.2 Å². The van der Waals surface area contributed by atoms with Gasteiger partial charge in [0.1, 0.15) is 0 Å². The molecule has 0 aliphatic heterocycles. The van der Waals surface area contributed by atoms with Crippen molar-refractivity contribution in [2.45, 2.75) is 20.8 Å². The average molecular weight is 266 g/mol. The molecular formula is C18H22N2.